The number of rotatable bonds is 7. The van der Waals surface area contributed by atoms with Crippen LogP contribution in [0.15, 0.2) is 46.9 Å². The van der Waals surface area contributed by atoms with Crippen molar-refractivity contribution in [2.24, 2.45) is 12.0 Å². The third-order valence-electron chi connectivity index (χ3n) is 5.31. The van der Waals surface area contributed by atoms with E-state index in [0.717, 1.165) is 55.9 Å². The highest BCUT2D eigenvalue weighted by atomic mass is 127. The lowest BCUT2D eigenvalue weighted by molar-refractivity contribution is 0.643. The molecule has 1 unspecified atom stereocenters. The molecule has 10 heteroatoms. The lowest BCUT2D eigenvalue weighted by Gasteiger charge is -2.20. The van der Waals surface area contributed by atoms with Gasteiger partial charge in [-0.1, -0.05) is 12.1 Å². The second kappa shape index (κ2) is 11.4. The maximum atomic E-state index is 4.79. The molecule has 0 saturated carbocycles. The molecule has 0 bridgehead atoms. The van der Waals surface area contributed by atoms with Crippen LogP contribution < -0.4 is 15.5 Å². The first-order chi connectivity index (χ1) is 14.7. The summed E-state index contributed by atoms with van der Waals surface area (Å²) in [5, 5.41) is 17.6. The molecule has 0 amide bonds. The Labute approximate surface area is 204 Å². The highest BCUT2D eigenvalue weighted by molar-refractivity contribution is 14.0. The van der Waals surface area contributed by atoms with Crippen molar-refractivity contribution in [3.63, 3.8) is 0 Å². The summed E-state index contributed by atoms with van der Waals surface area (Å²) in [7, 11) is 1.97. The highest BCUT2D eigenvalue weighted by Crippen LogP contribution is 2.17. The molecular formula is C21H29IN8S. The standard InChI is InChI=1S/C21H28N8S.HI/c1-16-26-27-20(28(16)2)14-24-21(23-11-8-18-6-5-13-30-18)25-17-9-12-29(15-17)19-7-3-4-10-22-19;/h3-7,10,13,17H,8-9,11-12,14-15H2,1-2H3,(H2,23,24,25);1H. The van der Waals surface area contributed by atoms with E-state index in [0.29, 0.717) is 12.6 Å². The molecule has 1 fully saturated rings. The third kappa shape index (κ3) is 6.39. The second-order valence-electron chi connectivity index (χ2n) is 7.41. The summed E-state index contributed by atoms with van der Waals surface area (Å²) >= 11 is 1.78. The molecule has 0 spiro atoms. The van der Waals surface area contributed by atoms with Crippen LogP contribution in [0.5, 0.6) is 0 Å². The molecule has 4 rings (SSSR count). The van der Waals surface area contributed by atoms with Crippen molar-refractivity contribution < 1.29 is 0 Å². The van der Waals surface area contributed by atoms with Crippen LogP contribution in [0.25, 0.3) is 0 Å². The summed E-state index contributed by atoms with van der Waals surface area (Å²) in [5.74, 6) is 3.59. The van der Waals surface area contributed by atoms with Gasteiger partial charge in [0.25, 0.3) is 0 Å². The molecule has 2 N–H and O–H groups in total. The highest BCUT2D eigenvalue weighted by Gasteiger charge is 2.24. The van der Waals surface area contributed by atoms with E-state index in [1.807, 2.05) is 36.9 Å². The monoisotopic (exact) mass is 552 g/mol. The van der Waals surface area contributed by atoms with Gasteiger partial charge in [-0.05, 0) is 43.3 Å². The SMILES string of the molecule is Cc1nnc(CN=C(NCCc2cccs2)NC2CCN(c3ccccn3)C2)n1C.I. The molecule has 1 saturated heterocycles. The van der Waals surface area contributed by atoms with Gasteiger partial charge in [0.15, 0.2) is 11.8 Å². The Morgan fingerprint density at radius 3 is 2.87 bits per heavy atom. The Kier molecular flexibility index (Phi) is 8.64. The van der Waals surface area contributed by atoms with E-state index in [9.17, 15) is 0 Å². The molecule has 3 aromatic rings. The van der Waals surface area contributed by atoms with Crippen molar-refractivity contribution in [1.29, 1.82) is 0 Å². The van der Waals surface area contributed by atoms with Crippen LogP contribution in [0, 0.1) is 6.92 Å². The van der Waals surface area contributed by atoms with Crippen LogP contribution in [-0.4, -0.2) is 51.4 Å². The Balaban J connectivity index is 0.00000272. The van der Waals surface area contributed by atoms with Gasteiger partial charge in [0.1, 0.15) is 18.2 Å². The fourth-order valence-corrected chi connectivity index (χ4v) is 4.18. The van der Waals surface area contributed by atoms with Gasteiger partial charge in [-0.2, -0.15) is 0 Å². The second-order valence-corrected chi connectivity index (χ2v) is 8.44. The number of hydrogen-bond donors (Lipinski definition) is 2. The Bertz CT molecular complexity index is 957. The van der Waals surface area contributed by atoms with Crippen molar-refractivity contribution in [2.75, 3.05) is 24.5 Å². The van der Waals surface area contributed by atoms with Gasteiger partial charge < -0.3 is 20.1 Å². The minimum absolute atomic E-state index is 0. The van der Waals surface area contributed by atoms with E-state index < -0.39 is 0 Å². The number of aliphatic imine (C=N–C) groups is 1. The first kappa shape index (κ1) is 23.5. The predicted octanol–water partition coefficient (Wildman–Crippen LogP) is 2.75. The van der Waals surface area contributed by atoms with Crippen LogP contribution in [-0.2, 0) is 20.0 Å². The summed E-state index contributed by atoms with van der Waals surface area (Å²) in [5.41, 5.74) is 0. The molecule has 4 heterocycles. The molecule has 0 radical (unpaired) electrons. The van der Waals surface area contributed by atoms with Gasteiger partial charge in [-0.25, -0.2) is 9.98 Å². The number of nitrogens with one attached hydrogen (secondary N) is 2. The normalized spacial score (nSPS) is 16.3. The van der Waals surface area contributed by atoms with Crippen molar-refractivity contribution in [1.82, 2.24) is 30.4 Å². The lowest BCUT2D eigenvalue weighted by atomic mass is 10.3. The lowest BCUT2D eigenvalue weighted by Crippen LogP contribution is -2.45. The number of aromatic nitrogens is 4. The smallest absolute Gasteiger partial charge is 0.192 e. The minimum Gasteiger partial charge on any atom is -0.356 e. The van der Waals surface area contributed by atoms with Gasteiger partial charge in [-0.15, -0.1) is 45.5 Å². The first-order valence-corrected chi connectivity index (χ1v) is 11.1. The molecule has 1 atom stereocenters. The zero-order valence-electron chi connectivity index (χ0n) is 17.9. The van der Waals surface area contributed by atoms with E-state index >= 15 is 0 Å². The van der Waals surface area contributed by atoms with E-state index in [4.69, 9.17) is 4.99 Å². The zero-order chi connectivity index (χ0) is 20.8. The van der Waals surface area contributed by atoms with Crippen LogP contribution in [0.3, 0.4) is 0 Å². The summed E-state index contributed by atoms with van der Waals surface area (Å²) < 4.78 is 1.98. The number of thiophene rings is 1. The van der Waals surface area contributed by atoms with Gasteiger partial charge in [-0.3, -0.25) is 0 Å². The van der Waals surface area contributed by atoms with Gasteiger partial charge in [0.2, 0.25) is 0 Å². The molecule has 8 nitrogen and oxygen atoms in total. The Morgan fingerprint density at radius 2 is 2.16 bits per heavy atom. The molecule has 0 aromatic carbocycles. The number of guanidine groups is 1. The van der Waals surface area contributed by atoms with Crippen LogP contribution in [0.1, 0.15) is 22.9 Å². The van der Waals surface area contributed by atoms with Crippen molar-refractivity contribution in [3.8, 4) is 0 Å². The van der Waals surface area contributed by atoms with Crippen LogP contribution >= 0.6 is 35.3 Å². The predicted molar refractivity (Wildman–Crippen MR) is 136 cm³/mol. The quantitative estimate of drug-likeness (QED) is 0.267. The number of hydrogen-bond acceptors (Lipinski definition) is 6. The van der Waals surface area contributed by atoms with E-state index in [1.54, 1.807) is 11.3 Å². The summed E-state index contributed by atoms with van der Waals surface area (Å²) in [4.78, 5) is 12.9. The Hall–Kier alpha value is -2.21. The minimum atomic E-state index is 0. The average molecular weight is 552 g/mol. The number of halogens is 1. The van der Waals surface area contributed by atoms with Gasteiger partial charge >= 0.3 is 0 Å². The molecule has 3 aromatic heterocycles. The van der Waals surface area contributed by atoms with E-state index in [2.05, 4.69) is 54.3 Å². The summed E-state index contributed by atoms with van der Waals surface area (Å²) in [6.07, 6.45) is 3.87. The molecular weight excluding hydrogens is 523 g/mol. The number of nitrogens with zero attached hydrogens (tertiary/aromatic N) is 6. The van der Waals surface area contributed by atoms with Crippen molar-refractivity contribution in [2.45, 2.75) is 32.4 Å². The Morgan fingerprint density at radius 1 is 1.26 bits per heavy atom. The third-order valence-corrected chi connectivity index (χ3v) is 6.24. The van der Waals surface area contributed by atoms with Crippen LogP contribution in [0.2, 0.25) is 0 Å². The number of aryl methyl sites for hydroxylation is 1. The topological polar surface area (TPSA) is 83.3 Å². The molecule has 31 heavy (non-hydrogen) atoms. The maximum Gasteiger partial charge on any atom is 0.192 e. The first-order valence-electron chi connectivity index (χ1n) is 10.3. The van der Waals surface area contributed by atoms with E-state index in [-0.39, 0.29) is 24.0 Å². The number of anilines is 1. The fourth-order valence-electron chi connectivity index (χ4n) is 3.47. The largest absolute Gasteiger partial charge is 0.356 e. The number of pyridine rings is 1. The fraction of sp³-hybridized carbons (Fsp3) is 0.429. The van der Waals surface area contributed by atoms with Crippen molar-refractivity contribution >= 4 is 47.1 Å². The summed E-state index contributed by atoms with van der Waals surface area (Å²) in [6, 6.07) is 10.6. The molecule has 1 aliphatic rings. The molecule has 1 aliphatic heterocycles. The summed E-state index contributed by atoms with van der Waals surface area (Å²) in [6.45, 7) is 5.16. The zero-order valence-corrected chi connectivity index (χ0v) is 21.0. The maximum absolute atomic E-state index is 4.79. The van der Waals surface area contributed by atoms with Crippen LogP contribution in [0.4, 0.5) is 5.82 Å². The van der Waals surface area contributed by atoms with E-state index in [1.165, 1.54) is 4.88 Å². The van der Waals surface area contributed by atoms with Gasteiger partial charge in [0, 0.05) is 43.8 Å². The molecule has 166 valence electrons. The average Bonchev–Trinajstić information content (AvgIpc) is 3.51. The van der Waals surface area contributed by atoms with Crippen molar-refractivity contribution in [3.05, 3.63) is 58.4 Å². The molecule has 0 aliphatic carbocycles. The van der Waals surface area contributed by atoms with Gasteiger partial charge in [0.05, 0.1) is 0 Å².